The number of aromatic amines is 1. The average molecular weight is 513 g/mol. The molecular weight excluding hydrogens is 483 g/mol. The molecule has 0 bridgehead atoms. The predicted molar refractivity (Wildman–Crippen MR) is 144 cm³/mol. The fraction of sp³-hybridized carbons (Fsp3) is 0.267. The maximum atomic E-state index is 14.9. The van der Waals surface area contributed by atoms with Crippen molar-refractivity contribution in [1.29, 1.82) is 0 Å². The Morgan fingerprint density at radius 2 is 1.66 bits per heavy atom. The number of benzene rings is 3. The van der Waals surface area contributed by atoms with Gasteiger partial charge in [-0.2, -0.15) is 5.10 Å². The molecule has 0 aliphatic carbocycles. The SMILES string of the molecule is CC1CN(C(=O)c2cc(Cc3n[nH]c(=O)c4ccccc34)ccc2F)C(C)CN1CC(=O)c1ccccc1. The van der Waals surface area contributed by atoms with E-state index in [4.69, 9.17) is 0 Å². The number of H-pyrrole nitrogens is 1. The highest BCUT2D eigenvalue weighted by molar-refractivity contribution is 5.98. The highest BCUT2D eigenvalue weighted by Gasteiger charge is 2.34. The van der Waals surface area contributed by atoms with Gasteiger partial charge < -0.3 is 4.90 Å². The van der Waals surface area contributed by atoms with Crippen molar-refractivity contribution in [2.75, 3.05) is 19.6 Å². The van der Waals surface area contributed by atoms with Gasteiger partial charge in [0, 0.05) is 42.5 Å². The van der Waals surface area contributed by atoms with Crippen molar-refractivity contribution in [3.05, 3.63) is 111 Å². The molecule has 38 heavy (non-hydrogen) atoms. The van der Waals surface area contributed by atoms with Crippen molar-refractivity contribution >= 4 is 22.5 Å². The zero-order valence-electron chi connectivity index (χ0n) is 21.4. The number of aromatic nitrogens is 2. The molecule has 0 radical (unpaired) electrons. The van der Waals surface area contributed by atoms with Crippen LogP contribution in [0.4, 0.5) is 4.39 Å². The highest BCUT2D eigenvalue weighted by Crippen LogP contribution is 2.23. The lowest BCUT2D eigenvalue weighted by molar-refractivity contribution is 0.0315. The van der Waals surface area contributed by atoms with E-state index in [-0.39, 0.29) is 41.4 Å². The molecule has 1 aliphatic heterocycles. The van der Waals surface area contributed by atoms with Crippen LogP contribution in [-0.2, 0) is 6.42 Å². The van der Waals surface area contributed by atoms with Gasteiger partial charge in [-0.3, -0.25) is 19.3 Å². The second-order valence-corrected chi connectivity index (χ2v) is 9.91. The number of halogens is 1. The van der Waals surface area contributed by atoms with Gasteiger partial charge >= 0.3 is 0 Å². The maximum Gasteiger partial charge on any atom is 0.272 e. The second-order valence-electron chi connectivity index (χ2n) is 9.91. The Hall–Kier alpha value is -4.17. The Morgan fingerprint density at radius 1 is 0.947 bits per heavy atom. The Bertz CT molecular complexity index is 1550. The van der Waals surface area contributed by atoms with Gasteiger partial charge in [0.2, 0.25) is 0 Å². The van der Waals surface area contributed by atoms with E-state index in [1.807, 2.05) is 44.2 Å². The number of carbonyl (C=O) groups excluding carboxylic acids is 2. The second kappa shape index (κ2) is 10.7. The molecule has 3 aromatic carbocycles. The van der Waals surface area contributed by atoms with E-state index in [0.717, 1.165) is 5.39 Å². The number of carbonyl (C=O) groups is 2. The zero-order valence-corrected chi connectivity index (χ0v) is 21.4. The van der Waals surface area contributed by atoms with Crippen LogP contribution in [0.2, 0.25) is 0 Å². The molecular formula is C30H29FN4O3. The van der Waals surface area contributed by atoms with Crippen LogP contribution in [0.5, 0.6) is 0 Å². The Kier molecular flexibility index (Phi) is 7.15. The van der Waals surface area contributed by atoms with Crippen LogP contribution in [0.25, 0.3) is 10.8 Å². The van der Waals surface area contributed by atoms with Crippen LogP contribution in [0.1, 0.15) is 45.8 Å². The molecule has 2 heterocycles. The van der Waals surface area contributed by atoms with Gasteiger partial charge in [0.1, 0.15) is 5.82 Å². The summed E-state index contributed by atoms with van der Waals surface area (Å²) in [4.78, 5) is 42.1. The van der Waals surface area contributed by atoms with Crippen molar-refractivity contribution in [3.63, 3.8) is 0 Å². The summed E-state index contributed by atoms with van der Waals surface area (Å²) >= 11 is 0. The quantitative estimate of drug-likeness (QED) is 0.394. The first-order chi connectivity index (χ1) is 18.3. The van der Waals surface area contributed by atoms with E-state index < -0.39 is 5.82 Å². The molecule has 194 valence electrons. The fourth-order valence-corrected chi connectivity index (χ4v) is 5.10. The van der Waals surface area contributed by atoms with Crippen molar-refractivity contribution in [2.24, 2.45) is 0 Å². The molecule has 4 aromatic rings. The molecule has 0 spiro atoms. The molecule has 1 aliphatic rings. The summed E-state index contributed by atoms with van der Waals surface area (Å²) in [6, 6.07) is 20.6. The highest BCUT2D eigenvalue weighted by atomic mass is 19.1. The van der Waals surface area contributed by atoms with Gasteiger partial charge in [0.15, 0.2) is 5.78 Å². The van der Waals surface area contributed by atoms with Gasteiger partial charge in [0.25, 0.3) is 11.5 Å². The first kappa shape index (κ1) is 25.5. The zero-order chi connectivity index (χ0) is 26.8. The van der Waals surface area contributed by atoms with Crippen LogP contribution in [-0.4, -0.2) is 63.4 Å². The number of fused-ring (bicyclic) bond motifs is 1. The standard InChI is InChI=1S/C30H29FN4O3/c1-19-17-35(20(2)16-34(19)18-28(36)22-8-4-3-5-9-22)30(38)25-14-21(12-13-26(25)31)15-27-23-10-6-7-11-24(23)29(37)33-32-27/h3-14,19-20H,15-18H2,1-2H3,(H,33,37). The topological polar surface area (TPSA) is 86.4 Å². The molecule has 0 saturated carbocycles. The molecule has 1 aromatic heterocycles. The van der Waals surface area contributed by atoms with Crippen molar-refractivity contribution in [1.82, 2.24) is 20.0 Å². The third-order valence-corrected chi connectivity index (χ3v) is 7.23. The third kappa shape index (κ3) is 5.13. The van der Waals surface area contributed by atoms with Gasteiger partial charge in [-0.1, -0.05) is 54.6 Å². The lowest BCUT2D eigenvalue weighted by atomic mass is 10.0. The Morgan fingerprint density at radius 3 is 2.42 bits per heavy atom. The first-order valence-corrected chi connectivity index (χ1v) is 12.7. The molecule has 2 unspecified atom stereocenters. The number of amides is 1. The summed E-state index contributed by atoms with van der Waals surface area (Å²) in [5, 5.41) is 7.97. The molecule has 8 heteroatoms. The molecule has 5 rings (SSSR count). The third-order valence-electron chi connectivity index (χ3n) is 7.23. The minimum Gasteiger partial charge on any atom is -0.333 e. The fourth-order valence-electron chi connectivity index (χ4n) is 5.10. The van der Waals surface area contributed by atoms with Gasteiger partial charge in [-0.25, -0.2) is 9.49 Å². The van der Waals surface area contributed by atoms with Gasteiger partial charge in [-0.15, -0.1) is 0 Å². The summed E-state index contributed by atoms with van der Waals surface area (Å²) in [5.74, 6) is -0.928. The number of nitrogens with zero attached hydrogens (tertiary/aromatic N) is 3. The number of hydrogen-bond acceptors (Lipinski definition) is 5. The van der Waals surface area contributed by atoms with E-state index in [2.05, 4.69) is 15.1 Å². The summed E-state index contributed by atoms with van der Waals surface area (Å²) in [5.41, 5.74) is 1.75. The van der Waals surface area contributed by atoms with Crippen LogP contribution in [0.15, 0.2) is 77.6 Å². The summed E-state index contributed by atoms with van der Waals surface area (Å²) in [6.07, 6.45) is 0.333. The van der Waals surface area contributed by atoms with E-state index in [1.165, 1.54) is 6.07 Å². The number of hydrogen-bond donors (Lipinski definition) is 1. The van der Waals surface area contributed by atoms with Crippen molar-refractivity contribution in [3.8, 4) is 0 Å². The van der Waals surface area contributed by atoms with Crippen LogP contribution < -0.4 is 5.56 Å². The Labute approximate surface area is 219 Å². The Balaban J connectivity index is 1.33. The van der Waals surface area contributed by atoms with E-state index >= 15 is 0 Å². The van der Waals surface area contributed by atoms with E-state index in [1.54, 1.807) is 41.3 Å². The van der Waals surface area contributed by atoms with E-state index in [9.17, 15) is 18.8 Å². The maximum absolute atomic E-state index is 14.9. The number of ketones is 1. The summed E-state index contributed by atoms with van der Waals surface area (Å²) in [6.45, 7) is 5.06. The molecule has 1 amide bonds. The molecule has 1 N–H and O–H groups in total. The lowest BCUT2D eigenvalue weighted by Crippen LogP contribution is -2.59. The smallest absolute Gasteiger partial charge is 0.272 e. The molecule has 1 fully saturated rings. The average Bonchev–Trinajstić information content (AvgIpc) is 2.93. The molecule has 7 nitrogen and oxygen atoms in total. The minimum atomic E-state index is -0.584. The summed E-state index contributed by atoms with van der Waals surface area (Å²) in [7, 11) is 0. The number of piperazine rings is 1. The first-order valence-electron chi connectivity index (χ1n) is 12.7. The van der Waals surface area contributed by atoms with Gasteiger partial charge in [0.05, 0.1) is 23.2 Å². The number of nitrogens with one attached hydrogen (secondary N) is 1. The van der Waals surface area contributed by atoms with Crippen LogP contribution in [0, 0.1) is 5.82 Å². The van der Waals surface area contributed by atoms with E-state index in [0.29, 0.717) is 41.7 Å². The number of Topliss-reactive ketones (excluding diaryl/α,β-unsaturated/α-hetero) is 1. The predicted octanol–water partition coefficient (Wildman–Crippen LogP) is 4.07. The monoisotopic (exact) mass is 512 g/mol. The lowest BCUT2D eigenvalue weighted by Gasteiger charge is -2.44. The summed E-state index contributed by atoms with van der Waals surface area (Å²) < 4.78 is 14.9. The normalized spacial score (nSPS) is 18.0. The minimum absolute atomic E-state index is 0.00379. The van der Waals surface area contributed by atoms with Crippen molar-refractivity contribution in [2.45, 2.75) is 32.4 Å². The number of rotatable bonds is 6. The van der Waals surface area contributed by atoms with Crippen LogP contribution >= 0.6 is 0 Å². The molecule has 2 atom stereocenters. The van der Waals surface area contributed by atoms with Crippen LogP contribution in [0.3, 0.4) is 0 Å². The van der Waals surface area contributed by atoms with Gasteiger partial charge in [-0.05, 0) is 37.6 Å². The van der Waals surface area contributed by atoms with Crippen molar-refractivity contribution < 1.29 is 14.0 Å². The molecule has 1 saturated heterocycles. The largest absolute Gasteiger partial charge is 0.333 e.